The zero-order valence-electron chi connectivity index (χ0n) is 12.9. The van der Waals surface area contributed by atoms with Crippen molar-refractivity contribution in [1.82, 2.24) is 0 Å². The summed E-state index contributed by atoms with van der Waals surface area (Å²) < 4.78 is 5.95. The molecule has 0 unspecified atom stereocenters. The van der Waals surface area contributed by atoms with Crippen LogP contribution in [0.1, 0.15) is 6.92 Å². The van der Waals surface area contributed by atoms with Gasteiger partial charge in [-0.25, -0.2) is 0 Å². The van der Waals surface area contributed by atoms with Gasteiger partial charge in [0.05, 0.1) is 18.5 Å². The number of nitrogens with one attached hydrogen (secondary N) is 1. The fraction of sp³-hybridized carbons (Fsp3) is 0.176. The standard InChI is InChI=1S/C17H17BrN2O3/c1-12(21)20(15-9-5-3-7-13(15)18)11-17(22)19-14-8-4-6-10-16(14)23-2/h3-10H,11H2,1-2H3,(H,19,22). The Morgan fingerprint density at radius 1 is 1.13 bits per heavy atom. The monoisotopic (exact) mass is 376 g/mol. The van der Waals surface area contributed by atoms with E-state index in [1.54, 1.807) is 24.3 Å². The molecular formula is C17H17BrN2O3. The van der Waals surface area contributed by atoms with E-state index in [0.717, 1.165) is 4.47 Å². The average Bonchev–Trinajstić information content (AvgIpc) is 2.53. The topological polar surface area (TPSA) is 58.6 Å². The van der Waals surface area contributed by atoms with E-state index in [1.807, 2.05) is 24.3 Å². The molecule has 0 aromatic heterocycles. The van der Waals surface area contributed by atoms with Gasteiger partial charge < -0.3 is 15.0 Å². The van der Waals surface area contributed by atoms with Crippen LogP contribution in [0.15, 0.2) is 53.0 Å². The first-order chi connectivity index (χ1) is 11.0. The molecule has 0 radical (unpaired) electrons. The van der Waals surface area contributed by atoms with Crippen LogP contribution < -0.4 is 15.0 Å². The van der Waals surface area contributed by atoms with Crippen LogP contribution in [0.2, 0.25) is 0 Å². The SMILES string of the molecule is COc1ccccc1NC(=O)CN(C(C)=O)c1ccccc1Br. The van der Waals surface area contributed by atoms with Gasteiger partial charge in [-0.3, -0.25) is 9.59 Å². The molecule has 2 rings (SSSR count). The third kappa shape index (κ3) is 4.32. The third-order valence-electron chi connectivity index (χ3n) is 3.21. The number of carbonyl (C=O) groups is 2. The molecule has 0 aliphatic heterocycles. The first kappa shape index (κ1) is 17.0. The van der Waals surface area contributed by atoms with Crippen molar-refractivity contribution in [3.05, 3.63) is 53.0 Å². The second-order valence-electron chi connectivity index (χ2n) is 4.81. The zero-order chi connectivity index (χ0) is 16.8. The van der Waals surface area contributed by atoms with Crippen molar-refractivity contribution in [3.8, 4) is 5.75 Å². The average molecular weight is 377 g/mol. The summed E-state index contributed by atoms with van der Waals surface area (Å²) in [6.45, 7) is 1.34. The van der Waals surface area contributed by atoms with Crippen LogP contribution in [0.25, 0.3) is 0 Å². The normalized spacial score (nSPS) is 10.0. The lowest BCUT2D eigenvalue weighted by atomic mass is 10.2. The van der Waals surface area contributed by atoms with Crippen molar-refractivity contribution in [3.63, 3.8) is 0 Å². The Morgan fingerprint density at radius 2 is 1.78 bits per heavy atom. The number of hydrogen-bond donors (Lipinski definition) is 1. The van der Waals surface area contributed by atoms with Gasteiger partial charge in [0.25, 0.3) is 0 Å². The Morgan fingerprint density at radius 3 is 2.43 bits per heavy atom. The Bertz CT molecular complexity index is 718. The van der Waals surface area contributed by atoms with Crippen LogP contribution >= 0.6 is 15.9 Å². The molecule has 0 saturated carbocycles. The van der Waals surface area contributed by atoms with Crippen molar-refractivity contribution in [2.75, 3.05) is 23.9 Å². The molecule has 2 amide bonds. The smallest absolute Gasteiger partial charge is 0.244 e. The molecule has 1 N–H and O–H groups in total. The molecule has 120 valence electrons. The molecule has 6 heteroatoms. The number of nitrogens with zero attached hydrogens (tertiary/aromatic N) is 1. The summed E-state index contributed by atoms with van der Waals surface area (Å²) in [6, 6.07) is 14.4. The largest absolute Gasteiger partial charge is 0.495 e. The van der Waals surface area contributed by atoms with Gasteiger partial charge in [-0.2, -0.15) is 0 Å². The van der Waals surface area contributed by atoms with E-state index in [-0.39, 0.29) is 18.4 Å². The summed E-state index contributed by atoms with van der Waals surface area (Å²) in [5.74, 6) is 0.0450. The minimum absolute atomic E-state index is 0.0873. The van der Waals surface area contributed by atoms with Gasteiger partial charge in [-0.05, 0) is 40.2 Å². The lowest BCUT2D eigenvalue weighted by molar-refractivity contribution is -0.120. The minimum atomic E-state index is -0.305. The van der Waals surface area contributed by atoms with E-state index in [0.29, 0.717) is 17.1 Å². The van der Waals surface area contributed by atoms with Gasteiger partial charge in [0.2, 0.25) is 11.8 Å². The first-order valence-corrected chi connectivity index (χ1v) is 7.77. The number of para-hydroxylation sites is 3. The molecule has 2 aromatic rings. The van der Waals surface area contributed by atoms with E-state index in [4.69, 9.17) is 4.74 Å². The van der Waals surface area contributed by atoms with Gasteiger partial charge in [-0.1, -0.05) is 24.3 Å². The minimum Gasteiger partial charge on any atom is -0.495 e. The zero-order valence-corrected chi connectivity index (χ0v) is 14.5. The van der Waals surface area contributed by atoms with E-state index >= 15 is 0 Å². The summed E-state index contributed by atoms with van der Waals surface area (Å²) in [4.78, 5) is 25.6. The predicted octanol–water partition coefficient (Wildman–Crippen LogP) is 3.45. The molecule has 2 aromatic carbocycles. The fourth-order valence-electron chi connectivity index (χ4n) is 2.12. The Hall–Kier alpha value is -2.34. The third-order valence-corrected chi connectivity index (χ3v) is 3.88. The molecular weight excluding hydrogens is 360 g/mol. The highest BCUT2D eigenvalue weighted by Crippen LogP contribution is 2.26. The molecule has 0 saturated heterocycles. The van der Waals surface area contributed by atoms with Gasteiger partial charge in [-0.15, -0.1) is 0 Å². The highest BCUT2D eigenvalue weighted by molar-refractivity contribution is 9.10. The fourth-order valence-corrected chi connectivity index (χ4v) is 2.62. The molecule has 0 atom stereocenters. The number of hydrogen-bond acceptors (Lipinski definition) is 3. The van der Waals surface area contributed by atoms with Gasteiger partial charge >= 0.3 is 0 Å². The van der Waals surface area contributed by atoms with E-state index in [9.17, 15) is 9.59 Å². The summed E-state index contributed by atoms with van der Waals surface area (Å²) in [6.07, 6.45) is 0. The quantitative estimate of drug-likeness (QED) is 0.869. The molecule has 23 heavy (non-hydrogen) atoms. The maximum absolute atomic E-state index is 12.3. The molecule has 0 fully saturated rings. The maximum atomic E-state index is 12.3. The van der Waals surface area contributed by atoms with Crippen molar-refractivity contribution >= 4 is 39.1 Å². The van der Waals surface area contributed by atoms with Crippen LogP contribution in [0.5, 0.6) is 5.75 Å². The van der Waals surface area contributed by atoms with E-state index < -0.39 is 0 Å². The second-order valence-corrected chi connectivity index (χ2v) is 5.66. The second kappa shape index (κ2) is 7.78. The Labute approximate surface area is 143 Å². The number of ether oxygens (including phenoxy) is 1. The number of halogens is 1. The molecule has 5 nitrogen and oxygen atoms in total. The van der Waals surface area contributed by atoms with E-state index in [1.165, 1.54) is 18.9 Å². The van der Waals surface area contributed by atoms with Crippen molar-refractivity contribution < 1.29 is 14.3 Å². The Kier molecular flexibility index (Phi) is 5.76. The van der Waals surface area contributed by atoms with E-state index in [2.05, 4.69) is 21.2 Å². The Balaban J connectivity index is 2.16. The number of benzene rings is 2. The van der Waals surface area contributed by atoms with Crippen LogP contribution in [0, 0.1) is 0 Å². The van der Waals surface area contributed by atoms with Crippen LogP contribution in [0.4, 0.5) is 11.4 Å². The number of carbonyl (C=O) groups excluding carboxylic acids is 2. The summed E-state index contributed by atoms with van der Waals surface area (Å²) >= 11 is 3.40. The van der Waals surface area contributed by atoms with Gasteiger partial charge in [0.15, 0.2) is 0 Å². The van der Waals surface area contributed by atoms with Crippen LogP contribution in [0.3, 0.4) is 0 Å². The number of rotatable bonds is 5. The highest BCUT2D eigenvalue weighted by atomic mass is 79.9. The van der Waals surface area contributed by atoms with Gasteiger partial charge in [0, 0.05) is 11.4 Å². The number of amides is 2. The van der Waals surface area contributed by atoms with Crippen LogP contribution in [-0.2, 0) is 9.59 Å². The van der Waals surface area contributed by atoms with Crippen molar-refractivity contribution in [1.29, 1.82) is 0 Å². The predicted molar refractivity (Wildman–Crippen MR) is 93.8 cm³/mol. The summed E-state index contributed by atoms with van der Waals surface area (Å²) in [7, 11) is 1.54. The molecule has 0 aliphatic rings. The lowest BCUT2D eigenvalue weighted by Crippen LogP contribution is -2.36. The lowest BCUT2D eigenvalue weighted by Gasteiger charge is -2.22. The van der Waals surface area contributed by atoms with Crippen molar-refractivity contribution in [2.45, 2.75) is 6.92 Å². The van der Waals surface area contributed by atoms with Crippen LogP contribution in [-0.4, -0.2) is 25.5 Å². The highest BCUT2D eigenvalue weighted by Gasteiger charge is 2.18. The maximum Gasteiger partial charge on any atom is 0.244 e. The van der Waals surface area contributed by atoms with Crippen molar-refractivity contribution in [2.24, 2.45) is 0 Å². The number of methoxy groups -OCH3 is 1. The summed E-state index contributed by atoms with van der Waals surface area (Å²) in [5, 5.41) is 2.76. The van der Waals surface area contributed by atoms with Gasteiger partial charge in [0.1, 0.15) is 12.3 Å². The summed E-state index contributed by atoms with van der Waals surface area (Å²) in [5.41, 5.74) is 1.21. The first-order valence-electron chi connectivity index (χ1n) is 6.98. The number of anilines is 2. The molecule has 0 bridgehead atoms. The molecule has 0 aliphatic carbocycles. The molecule has 0 heterocycles. The molecule has 0 spiro atoms.